The van der Waals surface area contributed by atoms with Gasteiger partial charge < -0.3 is 5.32 Å². The van der Waals surface area contributed by atoms with Crippen molar-refractivity contribution in [3.05, 3.63) is 29.3 Å². The molecule has 0 atom stereocenters. The fraction of sp³-hybridized carbons (Fsp3) is 0.533. The first-order valence-electron chi connectivity index (χ1n) is 6.39. The van der Waals surface area contributed by atoms with Gasteiger partial charge in [0, 0.05) is 5.69 Å². The molecule has 2 nitrogen and oxygen atoms in total. The normalized spacial score (nSPS) is 11.1. The zero-order chi connectivity index (χ0) is 13.7. The molecule has 0 aliphatic carbocycles. The van der Waals surface area contributed by atoms with Gasteiger partial charge in [0.05, 0.1) is 5.75 Å². The van der Waals surface area contributed by atoms with Gasteiger partial charge in [0.25, 0.3) is 0 Å². The molecule has 0 heterocycles. The summed E-state index contributed by atoms with van der Waals surface area (Å²) in [5.41, 5.74) is 3.45. The monoisotopic (exact) mass is 265 g/mol. The molecule has 0 saturated heterocycles. The van der Waals surface area contributed by atoms with Gasteiger partial charge in [0.1, 0.15) is 0 Å². The van der Waals surface area contributed by atoms with Crippen molar-refractivity contribution in [1.29, 1.82) is 0 Å². The summed E-state index contributed by atoms with van der Waals surface area (Å²) in [7, 11) is 0. The highest BCUT2D eigenvalue weighted by molar-refractivity contribution is 7.99. The number of carbonyl (C=O) groups excluding carboxylic acids is 1. The average molecular weight is 265 g/mol. The zero-order valence-electron chi connectivity index (χ0n) is 11.9. The van der Waals surface area contributed by atoms with E-state index in [-0.39, 0.29) is 5.91 Å². The number of hydrogen-bond acceptors (Lipinski definition) is 2. The molecule has 3 heteroatoms. The molecule has 1 aromatic carbocycles. The van der Waals surface area contributed by atoms with E-state index in [4.69, 9.17) is 0 Å². The van der Waals surface area contributed by atoms with Crippen LogP contribution < -0.4 is 5.32 Å². The quantitative estimate of drug-likeness (QED) is 0.863. The van der Waals surface area contributed by atoms with Crippen molar-refractivity contribution in [1.82, 2.24) is 0 Å². The van der Waals surface area contributed by atoms with E-state index >= 15 is 0 Å². The third-order valence-electron chi connectivity index (χ3n) is 2.91. The Morgan fingerprint density at radius 2 is 1.67 bits per heavy atom. The maximum atomic E-state index is 11.8. The lowest BCUT2D eigenvalue weighted by Crippen LogP contribution is -2.17. The lowest BCUT2D eigenvalue weighted by molar-refractivity contribution is -0.113. The van der Waals surface area contributed by atoms with Gasteiger partial charge in [0.2, 0.25) is 5.91 Å². The molecule has 0 saturated carbocycles. The topological polar surface area (TPSA) is 29.1 Å². The highest BCUT2D eigenvalue weighted by atomic mass is 32.2. The molecule has 100 valence electrons. The van der Waals surface area contributed by atoms with Gasteiger partial charge in [-0.3, -0.25) is 4.79 Å². The van der Waals surface area contributed by atoms with Gasteiger partial charge in [-0.2, -0.15) is 11.8 Å². The predicted molar refractivity (Wildman–Crippen MR) is 81.6 cm³/mol. The van der Waals surface area contributed by atoms with E-state index in [1.807, 2.05) is 6.26 Å². The van der Waals surface area contributed by atoms with Gasteiger partial charge in [-0.05, 0) is 29.2 Å². The van der Waals surface area contributed by atoms with Crippen LogP contribution in [0.15, 0.2) is 18.2 Å². The van der Waals surface area contributed by atoms with Crippen LogP contribution in [0.3, 0.4) is 0 Å². The van der Waals surface area contributed by atoms with E-state index in [1.165, 1.54) is 11.1 Å². The van der Waals surface area contributed by atoms with Crippen LogP contribution in [-0.4, -0.2) is 17.9 Å². The number of rotatable bonds is 5. The third kappa shape index (κ3) is 3.77. The Morgan fingerprint density at radius 3 is 2.06 bits per heavy atom. The van der Waals surface area contributed by atoms with Crippen LogP contribution in [0.1, 0.15) is 50.7 Å². The number of para-hydroxylation sites is 1. The Kier molecular flexibility index (Phi) is 5.73. The second-order valence-electron chi connectivity index (χ2n) is 5.10. The van der Waals surface area contributed by atoms with Crippen LogP contribution >= 0.6 is 11.8 Å². The molecule has 0 radical (unpaired) electrons. The van der Waals surface area contributed by atoms with Crippen molar-refractivity contribution < 1.29 is 4.79 Å². The summed E-state index contributed by atoms with van der Waals surface area (Å²) in [6.07, 6.45) is 1.94. The van der Waals surface area contributed by atoms with E-state index < -0.39 is 0 Å². The maximum Gasteiger partial charge on any atom is 0.234 e. The first kappa shape index (κ1) is 15.1. The van der Waals surface area contributed by atoms with E-state index in [0.717, 1.165) is 5.69 Å². The van der Waals surface area contributed by atoms with Gasteiger partial charge in [-0.1, -0.05) is 45.9 Å². The summed E-state index contributed by atoms with van der Waals surface area (Å²) < 4.78 is 0. The standard InChI is InChI=1S/C15H23NOS/c1-10(2)12-7-6-8-13(11(3)4)15(12)16-14(17)9-18-5/h6-8,10-11H,9H2,1-5H3,(H,16,17). The van der Waals surface area contributed by atoms with Gasteiger partial charge in [0.15, 0.2) is 0 Å². The molecule has 1 amide bonds. The van der Waals surface area contributed by atoms with Crippen LogP contribution in [0.25, 0.3) is 0 Å². The minimum absolute atomic E-state index is 0.0810. The second-order valence-corrected chi connectivity index (χ2v) is 5.97. The molecular weight excluding hydrogens is 242 g/mol. The third-order valence-corrected chi connectivity index (χ3v) is 3.46. The highest BCUT2D eigenvalue weighted by Crippen LogP contribution is 2.32. The molecule has 0 unspecified atom stereocenters. The summed E-state index contributed by atoms with van der Waals surface area (Å²) in [6, 6.07) is 6.28. The van der Waals surface area contributed by atoms with Crippen LogP contribution in [-0.2, 0) is 4.79 Å². The Labute approximate surface area is 115 Å². The molecule has 0 fully saturated rings. The van der Waals surface area contributed by atoms with E-state index in [0.29, 0.717) is 17.6 Å². The number of anilines is 1. The molecule has 18 heavy (non-hydrogen) atoms. The highest BCUT2D eigenvalue weighted by Gasteiger charge is 2.15. The Hall–Kier alpha value is -0.960. The SMILES string of the molecule is CSCC(=O)Nc1c(C(C)C)cccc1C(C)C. The maximum absolute atomic E-state index is 11.8. The first-order chi connectivity index (χ1) is 8.47. The van der Waals surface area contributed by atoms with E-state index in [1.54, 1.807) is 11.8 Å². The van der Waals surface area contributed by atoms with Crippen LogP contribution in [0.2, 0.25) is 0 Å². The Morgan fingerprint density at radius 1 is 1.17 bits per heavy atom. The van der Waals surface area contributed by atoms with Gasteiger partial charge in [-0.25, -0.2) is 0 Å². The smallest absolute Gasteiger partial charge is 0.234 e. The molecule has 1 rings (SSSR count). The second kappa shape index (κ2) is 6.83. The summed E-state index contributed by atoms with van der Waals surface area (Å²) >= 11 is 1.55. The van der Waals surface area contributed by atoms with Gasteiger partial charge in [-0.15, -0.1) is 0 Å². The largest absolute Gasteiger partial charge is 0.325 e. The molecule has 0 aliphatic heterocycles. The Balaban J connectivity index is 3.14. The number of benzene rings is 1. The van der Waals surface area contributed by atoms with Crippen molar-refractivity contribution in [3.8, 4) is 0 Å². The Bertz CT molecular complexity index is 387. The zero-order valence-corrected chi connectivity index (χ0v) is 12.7. The minimum Gasteiger partial charge on any atom is -0.325 e. The lowest BCUT2D eigenvalue weighted by atomic mass is 9.92. The predicted octanol–water partition coefficient (Wildman–Crippen LogP) is 4.23. The van der Waals surface area contributed by atoms with Crippen molar-refractivity contribution >= 4 is 23.4 Å². The number of carbonyl (C=O) groups is 1. The van der Waals surface area contributed by atoms with Crippen molar-refractivity contribution in [3.63, 3.8) is 0 Å². The molecular formula is C15H23NOS. The molecule has 1 N–H and O–H groups in total. The number of hydrogen-bond donors (Lipinski definition) is 1. The molecule has 1 aromatic rings. The van der Waals surface area contributed by atoms with Crippen LogP contribution in [0.4, 0.5) is 5.69 Å². The lowest BCUT2D eigenvalue weighted by Gasteiger charge is -2.20. The summed E-state index contributed by atoms with van der Waals surface area (Å²) in [4.78, 5) is 11.8. The average Bonchev–Trinajstić information content (AvgIpc) is 2.28. The fourth-order valence-electron chi connectivity index (χ4n) is 2.00. The van der Waals surface area contributed by atoms with Gasteiger partial charge >= 0.3 is 0 Å². The van der Waals surface area contributed by atoms with Crippen molar-refractivity contribution in [2.45, 2.75) is 39.5 Å². The molecule has 0 spiro atoms. The number of amides is 1. The van der Waals surface area contributed by atoms with Crippen molar-refractivity contribution in [2.24, 2.45) is 0 Å². The summed E-state index contributed by atoms with van der Waals surface area (Å²) in [5.74, 6) is 1.41. The fourth-order valence-corrected chi connectivity index (χ4v) is 2.34. The molecule has 0 aromatic heterocycles. The first-order valence-corrected chi connectivity index (χ1v) is 7.78. The summed E-state index contributed by atoms with van der Waals surface area (Å²) in [5, 5.41) is 3.08. The van der Waals surface area contributed by atoms with Crippen molar-refractivity contribution in [2.75, 3.05) is 17.3 Å². The van der Waals surface area contributed by atoms with Crippen LogP contribution in [0, 0.1) is 0 Å². The van der Waals surface area contributed by atoms with E-state index in [9.17, 15) is 4.79 Å². The number of nitrogens with one attached hydrogen (secondary N) is 1. The number of thioether (sulfide) groups is 1. The minimum atomic E-state index is 0.0810. The summed E-state index contributed by atoms with van der Waals surface area (Å²) in [6.45, 7) is 8.63. The molecule has 0 aliphatic rings. The molecule has 0 bridgehead atoms. The van der Waals surface area contributed by atoms with Crippen LogP contribution in [0.5, 0.6) is 0 Å². The van der Waals surface area contributed by atoms with E-state index in [2.05, 4.69) is 51.2 Å².